The van der Waals surface area contributed by atoms with Crippen molar-refractivity contribution in [1.29, 1.82) is 0 Å². The van der Waals surface area contributed by atoms with Gasteiger partial charge in [-0.2, -0.15) is 5.10 Å². The summed E-state index contributed by atoms with van der Waals surface area (Å²) in [7, 11) is 0. The van der Waals surface area contributed by atoms with Gasteiger partial charge in [0.25, 0.3) is 5.91 Å². The molecule has 11 heteroatoms. The number of carbonyl (C=O) groups is 2. The number of amides is 2. The summed E-state index contributed by atoms with van der Waals surface area (Å²) in [5, 5.41) is 16.8. The summed E-state index contributed by atoms with van der Waals surface area (Å²) in [6, 6.07) is 2.84. The summed E-state index contributed by atoms with van der Waals surface area (Å²) < 4.78 is 35.4. The molecule has 0 saturated heterocycles. The zero-order chi connectivity index (χ0) is 26.7. The maximum Gasteiger partial charge on any atom is 0.251 e. The van der Waals surface area contributed by atoms with E-state index in [1.807, 2.05) is 0 Å². The molecule has 4 rings (SSSR count). The molecule has 0 bridgehead atoms. The molecule has 2 aliphatic rings. The van der Waals surface area contributed by atoms with E-state index in [1.54, 1.807) is 26.1 Å². The highest BCUT2D eigenvalue weighted by molar-refractivity contribution is 6.30. The number of nitrogens with one attached hydrogen (secondary N) is 1. The molecule has 37 heavy (non-hydrogen) atoms. The lowest BCUT2D eigenvalue weighted by atomic mass is 9.84. The fraction of sp³-hybridized carbons (Fsp3) is 0.500. The van der Waals surface area contributed by atoms with Gasteiger partial charge in [0, 0.05) is 18.3 Å². The van der Waals surface area contributed by atoms with Gasteiger partial charge in [0.15, 0.2) is 23.2 Å². The minimum Gasteiger partial charge on any atom is -0.453 e. The monoisotopic (exact) mass is 536 g/mol. The maximum atomic E-state index is 14.3. The molecule has 1 unspecified atom stereocenters. The fourth-order valence-electron chi connectivity index (χ4n) is 4.81. The summed E-state index contributed by atoms with van der Waals surface area (Å²) in [6.07, 6.45) is 8.42. The first kappa shape index (κ1) is 27.1. The van der Waals surface area contributed by atoms with E-state index in [4.69, 9.17) is 16.3 Å². The van der Waals surface area contributed by atoms with Crippen LogP contribution in [-0.2, 0) is 16.1 Å². The lowest BCUT2D eigenvalue weighted by Crippen LogP contribution is -2.46. The molecule has 1 saturated carbocycles. The van der Waals surface area contributed by atoms with Gasteiger partial charge in [-0.3, -0.25) is 14.3 Å². The predicted octanol–water partition coefficient (Wildman–Crippen LogP) is 4.67. The molecule has 0 radical (unpaired) electrons. The van der Waals surface area contributed by atoms with Crippen LogP contribution in [0.15, 0.2) is 36.2 Å². The van der Waals surface area contributed by atoms with Gasteiger partial charge in [0.1, 0.15) is 11.8 Å². The molecule has 8 nitrogen and oxygen atoms in total. The van der Waals surface area contributed by atoms with Crippen molar-refractivity contribution < 1.29 is 28.2 Å². The molecule has 200 valence electrons. The van der Waals surface area contributed by atoms with Crippen molar-refractivity contribution in [3.8, 4) is 5.75 Å². The molecule has 1 fully saturated rings. The number of aromatic nitrogens is 2. The summed E-state index contributed by atoms with van der Waals surface area (Å²) >= 11 is 5.75. The van der Waals surface area contributed by atoms with E-state index in [-0.39, 0.29) is 29.8 Å². The second kappa shape index (κ2) is 11.2. The predicted molar refractivity (Wildman–Crippen MR) is 134 cm³/mol. The van der Waals surface area contributed by atoms with Crippen LogP contribution in [0.4, 0.5) is 14.6 Å². The highest BCUT2D eigenvalue weighted by Crippen LogP contribution is 2.33. The zero-order valence-corrected chi connectivity index (χ0v) is 21.6. The number of hydrogen-bond donors (Lipinski definition) is 2. The lowest BCUT2D eigenvalue weighted by Gasteiger charge is -2.31. The van der Waals surface area contributed by atoms with Crippen molar-refractivity contribution in [2.75, 3.05) is 11.9 Å². The summed E-state index contributed by atoms with van der Waals surface area (Å²) in [5.74, 6) is -3.04. The Kier molecular flexibility index (Phi) is 8.18. The molecule has 1 atom stereocenters. The number of carbonyl (C=O) groups excluding carboxylic acids is 2. The SMILES string of the molecule is CC(C)(O)Cn1ccc(NC(=O)C(CC2CCCCC2)N2CC(Oc3c(F)ccc(Cl)c3F)=CC2=O)n1. The number of halogens is 3. The Labute approximate surface area is 219 Å². The van der Waals surface area contributed by atoms with Gasteiger partial charge in [0.2, 0.25) is 5.91 Å². The Hall–Kier alpha value is -2.98. The molecule has 1 aliphatic carbocycles. The van der Waals surface area contributed by atoms with Crippen molar-refractivity contribution in [1.82, 2.24) is 14.7 Å². The van der Waals surface area contributed by atoms with Gasteiger partial charge in [-0.15, -0.1) is 0 Å². The van der Waals surface area contributed by atoms with Crippen LogP contribution >= 0.6 is 11.6 Å². The third-order valence-electron chi connectivity index (χ3n) is 6.53. The molecule has 2 aromatic rings. The van der Waals surface area contributed by atoms with E-state index in [2.05, 4.69) is 10.4 Å². The van der Waals surface area contributed by atoms with Crippen molar-refractivity contribution in [3.05, 3.63) is 52.9 Å². The molecule has 1 aromatic carbocycles. The van der Waals surface area contributed by atoms with E-state index in [0.717, 1.165) is 50.3 Å². The number of anilines is 1. The Bertz CT molecular complexity index is 1190. The zero-order valence-electron chi connectivity index (χ0n) is 20.8. The van der Waals surface area contributed by atoms with Gasteiger partial charge in [-0.05, 0) is 38.3 Å². The van der Waals surface area contributed by atoms with E-state index < -0.39 is 40.8 Å². The van der Waals surface area contributed by atoms with Gasteiger partial charge < -0.3 is 20.1 Å². The van der Waals surface area contributed by atoms with Crippen LogP contribution < -0.4 is 10.1 Å². The normalized spacial score (nSPS) is 17.6. The summed E-state index contributed by atoms with van der Waals surface area (Å²) in [5.41, 5.74) is -0.983. The highest BCUT2D eigenvalue weighted by Gasteiger charge is 2.37. The second-order valence-electron chi connectivity index (χ2n) is 10.3. The molecule has 2 N–H and O–H groups in total. The molecular formula is C26H31ClF2N4O4. The second-order valence-corrected chi connectivity index (χ2v) is 10.7. The number of rotatable bonds is 9. The Morgan fingerprint density at radius 2 is 2.00 bits per heavy atom. The van der Waals surface area contributed by atoms with E-state index in [9.17, 15) is 23.5 Å². The Balaban J connectivity index is 1.50. The molecular weight excluding hydrogens is 506 g/mol. The van der Waals surface area contributed by atoms with Crippen molar-refractivity contribution in [2.45, 2.75) is 70.6 Å². The molecule has 1 aromatic heterocycles. The minimum atomic E-state index is -1.06. The summed E-state index contributed by atoms with van der Waals surface area (Å²) in [6.45, 7) is 3.42. The van der Waals surface area contributed by atoms with Crippen LogP contribution in [0.3, 0.4) is 0 Å². The molecule has 0 spiro atoms. The van der Waals surface area contributed by atoms with E-state index in [0.29, 0.717) is 12.2 Å². The van der Waals surface area contributed by atoms with Crippen LogP contribution in [-0.4, -0.2) is 49.8 Å². The highest BCUT2D eigenvalue weighted by atomic mass is 35.5. The third kappa shape index (κ3) is 6.87. The fourth-order valence-corrected chi connectivity index (χ4v) is 4.96. The smallest absolute Gasteiger partial charge is 0.251 e. The van der Waals surface area contributed by atoms with Gasteiger partial charge in [-0.1, -0.05) is 43.7 Å². The number of nitrogens with zero attached hydrogens (tertiary/aromatic N) is 3. The number of aliphatic hydroxyl groups is 1. The summed E-state index contributed by atoms with van der Waals surface area (Å²) in [4.78, 5) is 27.7. The first-order valence-corrected chi connectivity index (χ1v) is 12.8. The Morgan fingerprint density at radius 1 is 1.27 bits per heavy atom. The molecule has 1 aliphatic heterocycles. The van der Waals surface area contributed by atoms with Crippen molar-refractivity contribution in [3.63, 3.8) is 0 Å². The first-order valence-electron chi connectivity index (χ1n) is 12.4. The van der Waals surface area contributed by atoms with Crippen LogP contribution in [0.1, 0.15) is 52.4 Å². The van der Waals surface area contributed by atoms with Crippen LogP contribution in [0.2, 0.25) is 5.02 Å². The van der Waals surface area contributed by atoms with Crippen molar-refractivity contribution in [2.24, 2.45) is 5.92 Å². The average molecular weight is 537 g/mol. The van der Waals surface area contributed by atoms with Gasteiger partial charge in [-0.25, -0.2) is 8.78 Å². The quantitative estimate of drug-likeness (QED) is 0.454. The number of hydrogen-bond acceptors (Lipinski definition) is 5. The minimum absolute atomic E-state index is 0.0148. The maximum absolute atomic E-state index is 14.3. The van der Waals surface area contributed by atoms with Crippen LogP contribution in [0, 0.1) is 17.6 Å². The van der Waals surface area contributed by atoms with Gasteiger partial charge in [0.05, 0.1) is 23.7 Å². The third-order valence-corrected chi connectivity index (χ3v) is 6.82. The first-order chi connectivity index (χ1) is 17.5. The topological polar surface area (TPSA) is 96.7 Å². The van der Waals surface area contributed by atoms with E-state index >= 15 is 0 Å². The number of ether oxygens (including phenoxy) is 1. The molecule has 2 heterocycles. The standard InChI is InChI=1S/C26H31ClF2N4O4/c1-26(2,36)15-32-11-10-21(31-32)30-25(35)20(12-16-6-4-3-5-7-16)33-14-17(13-22(33)34)37-24-19(28)9-8-18(27)23(24)29/h8-11,13,16,20,36H,3-7,12,14-15H2,1-2H3,(H,30,31,35). The van der Waals surface area contributed by atoms with Gasteiger partial charge >= 0.3 is 0 Å². The average Bonchev–Trinajstić information content (AvgIpc) is 3.42. The van der Waals surface area contributed by atoms with E-state index in [1.165, 1.54) is 9.58 Å². The molecule has 2 amide bonds. The Morgan fingerprint density at radius 3 is 2.70 bits per heavy atom. The largest absolute Gasteiger partial charge is 0.453 e. The van der Waals surface area contributed by atoms with Crippen LogP contribution in [0.5, 0.6) is 5.75 Å². The van der Waals surface area contributed by atoms with Crippen LogP contribution in [0.25, 0.3) is 0 Å². The number of benzene rings is 1. The lowest BCUT2D eigenvalue weighted by molar-refractivity contribution is -0.134. The van der Waals surface area contributed by atoms with Crippen molar-refractivity contribution >= 4 is 29.2 Å².